The molecule has 0 spiro atoms. The van der Waals surface area contributed by atoms with E-state index >= 15 is 0 Å². The van der Waals surface area contributed by atoms with Crippen LogP contribution >= 0.6 is 0 Å². The first kappa shape index (κ1) is 12.5. The third-order valence-electron chi connectivity index (χ3n) is 2.91. The summed E-state index contributed by atoms with van der Waals surface area (Å²) in [6, 6.07) is 4.74. The maximum atomic E-state index is 11.1. The first-order valence-electron chi connectivity index (χ1n) is 5.95. The third-order valence-corrected chi connectivity index (χ3v) is 2.91. The number of ether oxygens (including phenoxy) is 2. The molecule has 96 valence electrons. The Bertz CT molecular complexity index is 465. The van der Waals surface area contributed by atoms with Gasteiger partial charge in [-0.05, 0) is 37.5 Å². The van der Waals surface area contributed by atoms with E-state index in [0.717, 1.165) is 19.3 Å². The number of allylic oxidation sites excluding steroid dienone is 1. The quantitative estimate of drug-likeness (QED) is 0.832. The van der Waals surface area contributed by atoms with Crippen LogP contribution in [0.5, 0.6) is 11.5 Å². The van der Waals surface area contributed by atoms with Crippen molar-refractivity contribution in [2.75, 3.05) is 7.11 Å². The van der Waals surface area contributed by atoms with E-state index in [0.29, 0.717) is 11.5 Å². The average Bonchev–Trinajstić information content (AvgIpc) is 2.39. The molecule has 0 amide bonds. The zero-order chi connectivity index (χ0) is 13.0. The summed E-state index contributed by atoms with van der Waals surface area (Å²) in [6.45, 7) is 0. The second kappa shape index (κ2) is 5.58. The van der Waals surface area contributed by atoms with Crippen LogP contribution in [-0.4, -0.2) is 24.3 Å². The van der Waals surface area contributed by atoms with Gasteiger partial charge in [-0.2, -0.15) is 0 Å². The number of carboxylic acids is 1. The molecule has 18 heavy (non-hydrogen) atoms. The number of hydrogen-bond acceptors (Lipinski definition) is 3. The third kappa shape index (κ3) is 2.83. The molecule has 0 saturated carbocycles. The van der Waals surface area contributed by atoms with E-state index in [1.165, 1.54) is 6.07 Å². The number of aromatic carboxylic acids is 1. The minimum Gasteiger partial charge on any atom is -0.497 e. The van der Waals surface area contributed by atoms with Gasteiger partial charge in [0.05, 0.1) is 7.11 Å². The minimum absolute atomic E-state index is 0.0519. The Morgan fingerprint density at radius 2 is 2.28 bits per heavy atom. The molecule has 0 fully saturated rings. The van der Waals surface area contributed by atoms with E-state index in [9.17, 15) is 4.79 Å². The lowest BCUT2D eigenvalue weighted by atomic mass is 10.1. The zero-order valence-corrected chi connectivity index (χ0v) is 10.3. The summed E-state index contributed by atoms with van der Waals surface area (Å²) in [7, 11) is 1.54. The van der Waals surface area contributed by atoms with E-state index in [1.807, 2.05) is 6.08 Å². The van der Waals surface area contributed by atoms with Crippen LogP contribution in [0.25, 0.3) is 0 Å². The number of methoxy groups -OCH3 is 1. The van der Waals surface area contributed by atoms with Crippen molar-refractivity contribution >= 4 is 5.97 Å². The first-order chi connectivity index (χ1) is 8.70. The predicted molar refractivity (Wildman–Crippen MR) is 67.4 cm³/mol. The standard InChI is InChI=1S/C14H16O4/c1-17-11-7-8-12(14(15)16)13(9-11)18-10-5-3-2-4-6-10/h3,5,7-10H,2,4,6H2,1H3,(H,15,16). The molecule has 1 aliphatic carbocycles. The highest BCUT2D eigenvalue weighted by atomic mass is 16.5. The molecule has 1 unspecified atom stereocenters. The van der Waals surface area contributed by atoms with Crippen molar-refractivity contribution in [2.45, 2.75) is 25.4 Å². The van der Waals surface area contributed by atoms with Crippen LogP contribution < -0.4 is 9.47 Å². The molecule has 1 aromatic carbocycles. The highest BCUT2D eigenvalue weighted by Crippen LogP contribution is 2.27. The van der Waals surface area contributed by atoms with Crippen molar-refractivity contribution in [3.05, 3.63) is 35.9 Å². The molecule has 2 rings (SSSR count). The van der Waals surface area contributed by atoms with Crippen LogP contribution in [0.3, 0.4) is 0 Å². The molecule has 0 heterocycles. The fourth-order valence-electron chi connectivity index (χ4n) is 1.95. The zero-order valence-electron chi connectivity index (χ0n) is 10.3. The molecular formula is C14H16O4. The molecule has 0 bridgehead atoms. The number of benzene rings is 1. The van der Waals surface area contributed by atoms with Gasteiger partial charge in [0.15, 0.2) is 0 Å². The Hall–Kier alpha value is -1.97. The molecule has 0 saturated heterocycles. The Kier molecular flexibility index (Phi) is 3.87. The van der Waals surface area contributed by atoms with Crippen molar-refractivity contribution < 1.29 is 19.4 Å². The maximum Gasteiger partial charge on any atom is 0.339 e. The minimum atomic E-state index is -0.993. The summed E-state index contributed by atoms with van der Waals surface area (Å²) in [5.41, 5.74) is 0.162. The molecule has 1 N–H and O–H groups in total. The molecule has 4 heteroatoms. The summed E-state index contributed by atoms with van der Waals surface area (Å²) < 4.78 is 10.8. The van der Waals surface area contributed by atoms with Gasteiger partial charge in [0.1, 0.15) is 23.2 Å². The topological polar surface area (TPSA) is 55.8 Å². The molecule has 0 aromatic heterocycles. The summed E-state index contributed by atoms with van der Waals surface area (Å²) in [5, 5.41) is 9.12. The second-order valence-electron chi connectivity index (χ2n) is 4.18. The van der Waals surface area contributed by atoms with Gasteiger partial charge in [-0.3, -0.25) is 0 Å². The number of hydrogen-bond donors (Lipinski definition) is 1. The largest absolute Gasteiger partial charge is 0.497 e. The molecule has 1 aromatic rings. The lowest BCUT2D eigenvalue weighted by molar-refractivity contribution is 0.0690. The van der Waals surface area contributed by atoms with Gasteiger partial charge in [0.2, 0.25) is 0 Å². The van der Waals surface area contributed by atoms with Gasteiger partial charge in [-0.15, -0.1) is 0 Å². The summed E-state index contributed by atoms with van der Waals surface area (Å²) >= 11 is 0. The van der Waals surface area contributed by atoms with Crippen LogP contribution in [0.4, 0.5) is 0 Å². The highest BCUT2D eigenvalue weighted by molar-refractivity contribution is 5.91. The number of rotatable bonds is 4. The highest BCUT2D eigenvalue weighted by Gasteiger charge is 2.16. The Labute approximate surface area is 106 Å². The fourth-order valence-corrected chi connectivity index (χ4v) is 1.95. The van der Waals surface area contributed by atoms with Crippen molar-refractivity contribution in [1.82, 2.24) is 0 Å². The molecule has 4 nitrogen and oxygen atoms in total. The Balaban J connectivity index is 2.25. The molecule has 1 atom stereocenters. The molecule has 1 aliphatic rings. The van der Waals surface area contributed by atoms with E-state index < -0.39 is 5.97 Å². The van der Waals surface area contributed by atoms with Gasteiger partial charge in [-0.1, -0.05) is 6.08 Å². The van der Waals surface area contributed by atoms with Gasteiger partial charge in [-0.25, -0.2) is 4.79 Å². The fraction of sp³-hybridized carbons (Fsp3) is 0.357. The lowest BCUT2D eigenvalue weighted by Crippen LogP contribution is -2.17. The van der Waals surface area contributed by atoms with Crippen LogP contribution in [0.1, 0.15) is 29.6 Å². The van der Waals surface area contributed by atoms with E-state index in [2.05, 4.69) is 6.08 Å². The molecular weight excluding hydrogens is 232 g/mol. The van der Waals surface area contributed by atoms with Crippen LogP contribution in [0.15, 0.2) is 30.4 Å². The first-order valence-corrected chi connectivity index (χ1v) is 5.95. The summed E-state index contributed by atoms with van der Waals surface area (Å²) in [6.07, 6.45) is 7.02. The van der Waals surface area contributed by atoms with E-state index in [1.54, 1.807) is 19.2 Å². The predicted octanol–water partition coefficient (Wildman–Crippen LogP) is 2.88. The van der Waals surface area contributed by atoms with E-state index in [-0.39, 0.29) is 11.7 Å². The summed E-state index contributed by atoms with van der Waals surface area (Å²) in [4.78, 5) is 11.1. The van der Waals surface area contributed by atoms with Crippen molar-refractivity contribution in [1.29, 1.82) is 0 Å². The maximum absolute atomic E-state index is 11.1. The van der Waals surface area contributed by atoms with Crippen LogP contribution in [-0.2, 0) is 0 Å². The Morgan fingerprint density at radius 1 is 1.44 bits per heavy atom. The SMILES string of the molecule is COc1ccc(C(=O)O)c(OC2C=CCCC2)c1. The van der Waals surface area contributed by atoms with Gasteiger partial charge >= 0.3 is 5.97 Å². The van der Waals surface area contributed by atoms with Crippen molar-refractivity contribution in [3.63, 3.8) is 0 Å². The number of carboxylic acid groups (broad SMARTS) is 1. The molecule has 0 radical (unpaired) electrons. The van der Waals surface area contributed by atoms with Crippen LogP contribution in [0, 0.1) is 0 Å². The van der Waals surface area contributed by atoms with Gasteiger partial charge in [0.25, 0.3) is 0 Å². The van der Waals surface area contributed by atoms with Crippen molar-refractivity contribution in [3.8, 4) is 11.5 Å². The Morgan fingerprint density at radius 3 is 2.89 bits per heavy atom. The normalized spacial score (nSPS) is 18.4. The monoisotopic (exact) mass is 248 g/mol. The summed E-state index contributed by atoms with van der Waals surface area (Å²) in [5.74, 6) is -0.0411. The van der Waals surface area contributed by atoms with E-state index in [4.69, 9.17) is 14.6 Å². The number of carbonyl (C=O) groups is 1. The molecule has 0 aliphatic heterocycles. The van der Waals surface area contributed by atoms with Gasteiger partial charge < -0.3 is 14.6 Å². The lowest BCUT2D eigenvalue weighted by Gasteiger charge is -2.20. The second-order valence-corrected chi connectivity index (χ2v) is 4.18. The van der Waals surface area contributed by atoms with Crippen LogP contribution in [0.2, 0.25) is 0 Å². The van der Waals surface area contributed by atoms with Gasteiger partial charge in [0, 0.05) is 6.07 Å². The average molecular weight is 248 g/mol. The van der Waals surface area contributed by atoms with Crippen molar-refractivity contribution in [2.24, 2.45) is 0 Å². The smallest absolute Gasteiger partial charge is 0.339 e.